The molecule has 3 aromatic carbocycles. The first-order chi connectivity index (χ1) is 13.4. The molecule has 4 rings (SSSR count). The third-order valence-corrected chi connectivity index (χ3v) is 7.26. The van der Waals surface area contributed by atoms with Gasteiger partial charge in [0.2, 0.25) is 0 Å². The highest BCUT2D eigenvalue weighted by Crippen LogP contribution is 2.26. The Hall–Kier alpha value is -2.66. The summed E-state index contributed by atoms with van der Waals surface area (Å²) in [5.74, 6) is 0.0771. The summed E-state index contributed by atoms with van der Waals surface area (Å²) in [7, 11) is -3.09. The van der Waals surface area contributed by atoms with Crippen molar-refractivity contribution in [3.63, 3.8) is 0 Å². The molecule has 0 aliphatic carbocycles. The monoisotopic (exact) mass is 393 g/mol. The zero-order valence-corrected chi connectivity index (χ0v) is 16.7. The summed E-state index contributed by atoms with van der Waals surface area (Å²) in [4.78, 5) is 15.2. The van der Waals surface area contributed by atoms with E-state index >= 15 is 0 Å². The van der Waals surface area contributed by atoms with Gasteiger partial charge < -0.3 is 4.90 Å². The van der Waals surface area contributed by atoms with Crippen molar-refractivity contribution < 1.29 is 13.2 Å². The maximum atomic E-state index is 13.4. The molecule has 3 aromatic rings. The Kier molecular flexibility index (Phi) is 4.94. The Bertz CT molecular complexity index is 1130. The predicted octanol–water partition coefficient (Wildman–Crippen LogP) is 3.98. The maximum absolute atomic E-state index is 13.4. The molecule has 4 nitrogen and oxygen atoms in total. The largest absolute Gasteiger partial charge is 0.330 e. The van der Waals surface area contributed by atoms with Crippen LogP contribution in [-0.4, -0.2) is 36.8 Å². The highest BCUT2D eigenvalue weighted by atomic mass is 32.2. The normalized spacial score (nSPS) is 18.2. The third kappa shape index (κ3) is 3.67. The number of amides is 1. The molecule has 1 saturated heterocycles. The minimum absolute atomic E-state index is 0.0371. The molecular formula is C23H23NO3S. The van der Waals surface area contributed by atoms with Gasteiger partial charge in [-0.25, -0.2) is 8.42 Å². The van der Waals surface area contributed by atoms with Crippen LogP contribution in [0.3, 0.4) is 0 Å². The molecule has 0 radical (unpaired) electrons. The van der Waals surface area contributed by atoms with E-state index in [0.29, 0.717) is 18.5 Å². The van der Waals surface area contributed by atoms with Crippen LogP contribution in [0.15, 0.2) is 66.7 Å². The molecule has 1 aliphatic rings. The number of hydrogen-bond donors (Lipinski definition) is 0. The van der Waals surface area contributed by atoms with Gasteiger partial charge in [0.1, 0.15) is 0 Å². The Balaban J connectivity index is 1.75. The van der Waals surface area contributed by atoms with Crippen molar-refractivity contribution in [2.45, 2.75) is 25.9 Å². The Morgan fingerprint density at radius 2 is 1.71 bits per heavy atom. The minimum atomic E-state index is -3.09. The van der Waals surface area contributed by atoms with Crippen molar-refractivity contribution in [3.8, 4) is 0 Å². The quantitative estimate of drug-likeness (QED) is 0.674. The second-order valence-corrected chi connectivity index (χ2v) is 9.67. The van der Waals surface area contributed by atoms with E-state index in [1.807, 2.05) is 73.7 Å². The Morgan fingerprint density at radius 1 is 1.00 bits per heavy atom. The van der Waals surface area contributed by atoms with Crippen LogP contribution >= 0.6 is 0 Å². The van der Waals surface area contributed by atoms with E-state index in [-0.39, 0.29) is 23.5 Å². The number of sulfone groups is 1. The predicted molar refractivity (Wildman–Crippen MR) is 112 cm³/mol. The van der Waals surface area contributed by atoms with E-state index in [4.69, 9.17) is 0 Å². The average molecular weight is 394 g/mol. The van der Waals surface area contributed by atoms with Crippen molar-refractivity contribution in [2.75, 3.05) is 11.5 Å². The summed E-state index contributed by atoms with van der Waals surface area (Å²) in [6, 6.07) is 21.3. The van der Waals surface area contributed by atoms with E-state index < -0.39 is 9.84 Å². The molecule has 5 heteroatoms. The average Bonchev–Trinajstić information content (AvgIpc) is 3.05. The van der Waals surface area contributed by atoms with Gasteiger partial charge in [-0.3, -0.25) is 4.79 Å². The zero-order valence-electron chi connectivity index (χ0n) is 15.8. The highest BCUT2D eigenvalue weighted by molar-refractivity contribution is 7.91. The van der Waals surface area contributed by atoms with Crippen LogP contribution in [0.25, 0.3) is 10.8 Å². The van der Waals surface area contributed by atoms with Gasteiger partial charge in [0.25, 0.3) is 5.91 Å². The first-order valence-corrected chi connectivity index (χ1v) is 11.3. The lowest BCUT2D eigenvalue weighted by molar-refractivity contribution is 0.0681. The van der Waals surface area contributed by atoms with Crippen molar-refractivity contribution in [1.82, 2.24) is 4.90 Å². The molecular weight excluding hydrogens is 370 g/mol. The van der Waals surface area contributed by atoms with Crippen LogP contribution in [-0.2, 0) is 16.4 Å². The fraction of sp³-hybridized carbons (Fsp3) is 0.261. The van der Waals surface area contributed by atoms with Crippen LogP contribution in [0.1, 0.15) is 27.9 Å². The first-order valence-electron chi connectivity index (χ1n) is 9.48. The Morgan fingerprint density at radius 3 is 2.46 bits per heavy atom. The standard InChI is InChI=1S/C23H23NO3S/c1-17-7-2-4-11-21(17)23(25)24(20-13-14-28(26,27)16-20)15-19-10-6-9-18-8-3-5-12-22(18)19/h2-12,20H,13-16H2,1H3/t20-/m1/s1. The molecule has 1 heterocycles. The molecule has 28 heavy (non-hydrogen) atoms. The number of aryl methyl sites for hydroxylation is 1. The molecule has 0 spiro atoms. The van der Waals surface area contributed by atoms with Gasteiger partial charge in [-0.2, -0.15) is 0 Å². The number of fused-ring (bicyclic) bond motifs is 1. The molecule has 0 saturated carbocycles. The van der Waals surface area contributed by atoms with E-state index in [2.05, 4.69) is 0 Å². The lowest BCUT2D eigenvalue weighted by atomic mass is 10.0. The molecule has 1 amide bonds. The van der Waals surface area contributed by atoms with Crippen LogP contribution < -0.4 is 0 Å². The van der Waals surface area contributed by atoms with Gasteiger partial charge in [-0.1, -0.05) is 60.7 Å². The molecule has 1 aliphatic heterocycles. The van der Waals surface area contributed by atoms with Gasteiger partial charge in [0.05, 0.1) is 11.5 Å². The molecule has 0 aromatic heterocycles. The van der Waals surface area contributed by atoms with Crippen molar-refractivity contribution >= 4 is 26.5 Å². The summed E-state index contributed by atoms with van der Waals surface area (Å²) in [6.07, 6.45) is 0.491. The topological polar surface area (TPSA) is 54.5 Å². The summed E-state index contributed by atoms with van der Waals surface area (Å²) < 4.78 is 24.2. The molecule has 0 bridgehead atoms. The summed E-state index contributed by atoms with van der Waals surface area (Å²) in [6.45, 7) is 2.31. The second-order valence-electron chi connectivity index (χ2n) is 7.44. The van der Waals surface area contributed by atoms with Gasteiger partial charge >= 0.3 is 0 Å². The molecule has 1 atom stereocenters. The molecule has 1 fully saturated rings. The van der Waals surface area contributed by atoms with Gasteiger partial charge in [0, 0.05) is 18.2 Å². The maximum Gasteiger partial charge on any atom is 0.254 e. The molecule has 0 N–H and O–H groups in total. The number of nitrogens with zero attached hydrogens (tertiary/aromatic N) is 1. The lowest BCUT2D eigenvalue weighted by Gasteiger charge is -2.29. The van der Waals surface area contributed by atoms with Crippen molar-refractivity contribution in [3.05, 3.63) is 83.4 Å². The second kappa shape index (κ2) is 7.40. The van der Waals surface area contributed by atoms with Crippen molar-refractivity contribution in [2.24, 2.45) is 0 Å². The van der Waals surface area contributed by atoms with E-state index in [1.54, 1.807) is 4.90 Å². The van der Waals surface area contributed by atoms with Crippen LogP contribution in [0, 0.1) is 6.92 Å². The van der Waals surface area contributed by atoms with E-state index in [9.17, 15) is 13.2 Å². The highest BCUT2D eigenvalue weighted by Gasteiger charge is 2.35. The number of hydrogen-bond acceptors (Lipinski definition) is 3. The van der Waals surface area contributed by atoms with Crippen molar-refractivity contribution in [1.29, 1.82) is 0 Å². The smallest absolute Gasteiger partial charge is 0.254 e. The number of carbonyl (C=O) groups is 1. The number of benzene rings is 3. The number of carbonyl (C=O) groups excluding carboxylic acids is 1. The SMILES string of the molecule is Cc1ccccc1C(=O)N(Cc1cccc2ccccc12)[C@@H]1CCS(=O)(=O)C1. The minimum Gasteiger partial charge on any atom is -0.330 e. The third-order valence-electron chi connectivity index (χ3n) is 5.51. The molecule has 144 valence electrons. The van der Waals surface area contributed by atoms with Gasteiger partial charge in [0.15, 0.2) is 9.84 Å². The van der Waals surface area contributed by atoms with Gasteiger partial charge in [-0.05, 0) is 41.3 Å². The zero-order chi connectivity index (χ0) is 19.7. The van der Waals surface area contributed by atoms with Crippen LogP contribution in [0.2, 0.25) is 0 Å². The summed E-state index contributed by atoms with van der Waals surface area (Å²) in [5, 5.41) is 2.20. The van der Waals surface area contributed by atoms with Crippen LogP contribution in [0.5, 0.6) is 0 Å². The lowest BCUT2D eigenvalue weighted by Crippen LogP contribution is -2.41. The van der Waals surface area contributed by atoms with Gasteiger partial charge in [-0.15, -0.1) is 0 Å². The first kappa shape index (κ1) is 18.7. The number of rotatable bonds is 4. The fourth-order valence-electron chi connectivity index (χ4n) is 3.97. The van der Waals surface area contributed by atoms with E-state index in [0.717, 1.165) is 21.9 Å². The van der Waals surface area contributed by atoms with Crippen LogP contribution in [0.4, 0.5) is 0 Å². The molecule has 0 unspecified atom stereocenters. The fourth-order valence-corrected chi connectivity index (χ4v) is 5.70. The summed E-state index contributed by atoms with van der Waals surface area (Å²) in [5.41, 5.74) is 2.56. The van der Waals surface area contributed by atoms with E-state index in [1.165, 1.54) is 0 Å². The summed E-state index contributed by atoms with van der Waals surface area (Å²) >= 11 is 0. The Labute approximate surface area is 165 Å².